The van der Waals surface area contributed by atoms with Crippen LogP contribution in [-0.2, 0) is 0 Å². The van der Waals surface area contributed by atoms with Gasteiger partial charge in [-0.1, -0.05) is 24.3 Å². The molecule has 8 heteroatoms. The molecule has 0 saturated carbocycles. The maximum Gasteiger partial charge on any atom is 0.258 e. The Balaban J connectivity index is 1.44. The summed E-state index contributed by atoms with van der Waals surface area (Å²) in [5.41, 5.74) is 2.76. The van der Waals surface area contributed by atoms with Crippen molar-refractivity contribution in [1.82, 2.24) is 0 Å². The second-order valence-electron chi connectivity index (χ2n) is 7.68. The van der Waals surface area contributed by atoms with Gasteiger partial charge in [-0.05, 0) is 60.2 Å². The molecule has 7 nitrogen and oxygen atoms in total. The molecule has 1 aromatic heterocycles. The lowest BCUT2D eigenvalue weighted by Crippen LogP contribution is -2.42. The van der Waals surface area contributed by atoms with E-state index in [2.05, 4.69) is 10.6 Å². The standard InChI is InChI=1S/C26H21FN4O3/c1-33-19-12-6-16(7-13-19)24-30-26-21(14-15-34-26)23(28)31(24)18-10-8-17(9-11-18)29-25(32)20-4-2-3-5-22(20)27/h2-15,24,28,30H,1H3,(H,29,32). The first-order valence-corrected chi connectivity index (χ1v) is 10.6. The van der Waals surface area contributed by atoms with Crippen LogP contribution in [0.5, 0.6) is 5.75 Å². The summed E-state index contributed by atoms with van der Waals surface area (Å²) in [6, 6.07) is 22.2. The second-order valence-corrected chi connectivity index (χ2v) is 7.68. The van der Waals surface area contributed by atoms with E-state index < -0.39 is 17.9 Å². The Morgan fingerprint density at radius 1 is 1.06 bits per heavy atom. The molecule has 0 radical (unpaired) electrons. The number of carbonyl (C=O) groups is 1. The Morgan fingerprint density at radius 2 is 1.79 bits per heavy atom. The number of amides is 1. The van der Waals surface area contributed by atoms with Gasteiger partial charge in [-0.2, -0.15) is 0 Å². The Hall–Kier alpha value is -4.59. The highest BCUT2D eigenvalue weighted by atomic mass is 19.1. The van der Waals surface area contributed by atoms with E-state index in [0.29, 0.717) is 17.1 Å². The lowest BCUT2D eigenvalue weighted by Gasteiger charge is -2.38. The minimum atomic E-state index is -0.581. The monoisotopic (exact) mass is 456 g/mol. The van der Waals surface area contributed by atoms with Crippen molar-refractivity contribution in [3.05, 3.63) is 108 Å². The Bertz CT molecular complexity index is 1350. The molecule has 2 heterocycles. The molecular weight excluding hydrogens is 435 g/mol. The Kier molecular flexibility index (Phi) is 5.47. The molecule has 1 aliphatic heterocycles. The highest BCUT2D eigenvalue weighted by molar-refractivity contribution is 6.13. The van der Waals surface area contributed by atoms with Gasteiger partial charge in [-0.25, -0.2) is 4.39 Å². The third-order valence-corrected chi connectivity index (χ3v) is 5.64. The fraction of sp³-hybridized carbons (Fsp3) is 0.0769. The van der Waals surface area contributed by atoms with Crippen molar-refractivity contribution in [3.8, 4) is 5.75 Å². The van der Waals surface area contributed by atoms with Gasteiger partial charge in [-0.3, -0.25) is 10.2 Å². The van der Waals surface area contributed by atoms with Crippen molar-refractivity contribution in [2.45, 2.75) is 6.17 Å². The maximum atomic E-state index is 13.9. The van der Waals surface area contributed by atoms with E-state index in [1.165, 1.54) is 18.2 Å². The quantitative estimate of drug-likeness (QED) is 0.362. The minimum absolute atomic E-state index is 0.0272. The zero-order chi connectivity index (χ0) is 23.7. The number of halogens is 1. The summed E-state index contributed by atoms with van der Waals surface area (Å²) in [5, 5.41) is 14.9. The summed E-state index contributed by atoms with van der Waals surface area (Å²) < 4.78 is 24.7. The molecule has 4 aromatic rings. The van der Waals surface area contributed by atoms with Crippen molar-refractivity contribution >= 4 is 29.0 Å². The lowest BCUT2D eigenvalue weighted by molar-refractivity contribution is 0.102. The predicted octanol–water partition coefficient (Wildman–Crippen LogP) is 5.64. The van der Waals surface area contributed by atoms with Gasteiger partial charge in [-0.15, -0.1) is 0 Å². The smallest absolute Gasteiger partial charge is 0.258 e. The number of benzene rings is 3. The van der Waals surface area contributed by atoms with E-state index >= 15 is 0 Å². The summed E-state index contributed by atoms with van der Waals surface area (Å²) in [7, 11) is 1.61. The number of nitrogens with one attached hydrogen (secondary N) is 3. The van der Waals surface area contributed by atoms with Crippen LogP contribution in [0.2, 0.25) is 0 Å². The van der Waals surface area contributed by atoms with E-state index in [-0.39, 0.29) is 11.4 Å². The molecule has 1 aliphatic rings. The Labute approximate surface area is 195 Å². The number of hydrogen-bond donors (Lipinski definition) is 3. The van der Waals surface area contributed by atoms with Gasteiger partial charge in [0, 0.05) is 11.4 Å². The number of methoxy groups -OCH3 is 1. The third-order valence-electron chi connectivity index (χ3n) is 5.64. The van der Waals surface area contributed by atoms with Gasteiger partial charge in [0.25, 0.3) is 5.91 Å². The molecule has 0 saturated heterocycles. The number of hydrogen-bond acceptors (Lipinski definition) is 5. The largest absolute Gasteiger partial charge is 0.497 e. The van der Waals surface area contributed by atoms with Crippen LogP contribution in [-0.4, -0.2) is 18.9 Å². The van der Waals surface area contributed by atoms with Gasteiger partial charge in [0.1, 0.15) is 23.6 Å². The molecule has 170 valence electrons. The molecule has 0 aliphatic carbocycles. The molecule has 34 heavy (non-hydrogen) atoms. The molecule has 5 rings (SSSR count). The minimum Gasteiger partial charge on any atom is -0.497 e. The molecular formula is C26H21FN4O3. The van der Waals surface area contributed by atoms with Crippen LogP contribution in [0.3, 0.4) is 0 Å². The topological polar surface area (TPSA) is 90.6 Å². The van der Waals surface area contributed by atoms with Crippen molar-refractivity contribution in [3.63, 3.8) is 0 Å². The molecule has 0 spiro atoms. The average molecular weight is 456 g/mol. The zero-order valence-corrected chi connectivity index (χ0v) is 18.2. The highest BCUT2D eigenvalue weighted by Crippen LogP contribution is 2.37. The first-order chi connectivity index (χ1) is 16.5. The van der Waals surface area contributed by atoms with E-state index in [9.17, 15) is 9.18 Å². The van der Waals surface area contributed by atoms with Crippen molar-refractivity contribution < 1.29 is 18.3 Å². The molecule has 3 N–H and O–H groups in total. The summed E-state index contributed by atoms with van der Waals surface area (Å²) in [4.78, 5) is 14.3. The third kappa shape index (κ3) is 3.86. The number of fused-ring (bicyclic) bond motifs is 1. The fourth-order valence-electron chi connectivity index (χ4n) is 3.90. The van der Waals surface area contributed by atoms with Gasteiger partial charge in [0.05, 0.1) is 24.5 Å². The number of carbonyl (C=O) groups excluding carboxylic acids is 1. The predicted molar refractivity (Wildman–Crippen MR) is 128 cm³/mol. The van der Waals surface area contributed by atoms with E-state index in [4.69, 9.17) is 14.6 Å². The summed E-state index contributed by atoms with van der Waals surface area (Å²) in [6.45, 7) is 0. The molecule has 1 unspecified atom stereocenters. The summed E-state index contributed by atoms with van der Waals surface area (Å²) in [5.74, 6) is 0.414. The van der Waals surface area contributed by atoms with Gasteiger partial charge >= 0.3 is 0 Å². The molecule has 1 atom stereocenters. The van der Waals surface area contributed by atoms with Crippen LogP contribution in [0.4, 0.5) is 21.6 Å². The number of rotatable bonds is 5. The molecule has 0 fully saturated rings. The van der Waals surface area contributed by atoms with Crippen LogP contribution in [0.25, 0.3) is 0 Å². The first-order valence-electron chi connectivity index (χ1n) is 10.6. The van der Waals surface area contributed by atoms with Crippen molar-refractivity contribution in [2.75, 3.05) is 22.6 Å². The Morgan fingerprint density at radius 3 is 2.50 bits per heavy atom. The molecule has 0 bridgehead atoms. The maximum absolute atomic E-state index is 13.9. The van der Waals surface area contributed by atoms with E-state index in [0.717, 1.165) is 17.0 Å². The van der Waals surface area contributed by atoms with Gasteiger partial charge in [0.15, 0.2) is 0 Å². The van der Waals surface area contributed by atoms with Crippen LogP contribution < -0.4 is 20.3 Å². The second kappa shape index (κ2) is 8.74. The van der Waals surface area contributed by atoms with Crippen LogP contribution in [0.15, 0.2) is 89.5 Å². The number of furan rings is 1. The van der Waals surface area contributed by atoms with Crippen LogP contribution in [0, 0.1) is 11.2 Å². The fourth-order valence-corrected chi connectivity index (χ4v) is 3.90. The zero-order valence-electron chi connectivity index (χ0n) is 18.2. The highest BCUT2D eigenvalue weighted by Gasteiger charge is 2.33. The average Bonchev–Trinajstić information content (AvgIpc) is 3.34. The number of nitrogens with zero attached hydrogens (tertiary/aromatic N) is 1. The van der Waals surface area contributed by atoms with Crippen molar-refractivity contribution in [1.29, 1.82) is 5.41 Å². The number of ether oxygens (including phenoxy) is 1. The van der Waals surface area contributed by atoms with E-state index in [1.54, 1.807) is 49.8 Å². The summed E-state index contributed by atoms with van der Waals surface area (Å²) in [6.07, 6.45) is 1.14. The van der Waals surface area contributed by atoms with Crippen LogP contribution in [0.1, 0.15) is 27.7 Å². The van der Waals surface area contributed by atoms with Crippen LogP contribution >= 0.6 is 0 Å². The van der Waals surface area contributed by atoms with Gasteiger partial charge < -0.3 is 24.7 Å². The van der Waals surface area contributed by atoms with E-state index in [1.807, 2.05) is 29.2 Å². The number of amidine groups is 1. The summed E-state index contributed by atoms with van der Waals surface area (Å²) >= 11 is 0. The first kappa shape index (κ1) is 21.3. The SMILES string of the molecule is COc1ccc(C2Nc3occc3C(=N)N2c2ccc(NC(=O)c3ccccc3F)cc2)cc1. The normalized spacial score (nSPS) is 14.8. The van der Waals surface area contributed by atoms with Crippen molar-refractivity contribution in [2.24, 2.45) is 0 Å². The molecule has 1 amide bonds. The van der Waals surface area contributed by atoms with Gasteiger partial charge in [0.2, 0.25) is 5.88 Å². The number of anilines is 3. The lowest BCUT2D eigenvalue weighted by atomic mass is 10.1. The molecule has 3 aromatic carbocycles.